The number of nitriles is 1. The molecule has 1 unspecified atom stereocenters. The number of para-hydroxylation sites is 1. The van der Waals surface area contributed by atoms with Gasteiger partial charge in [0.05, 0.1) is 29.3 Å². The molecule has 0 radical (unpaired) electrons. The molecule has 0 aliphatic carbocycles. The molecule has 2 aromatic rings. The standard InChI is InChI=1S/C25H27N7O6S/c1-3-7-21(24(35)38-4-2)31-22(33)15-28-23(34)19-8-5-6-9-20(19)32-25(30-16-26)29-14-17-10-12-18(13-11-17)39(27,36)37/h1,5-6,8-13,21H,4,7,14-15H2,2H3,(H,28,34)(H,31,33)(H2,27,36,37)(H2,29,30,32). The van der Waals surface area contributed by atoms with Crippen molar-refractivity contribution in [1.82, 2.24) is 16.0 Å². The number of guanidine groups is 1. The van der Waals surface area contributed by atoms with E-state index in [1.165, 1.54) is 18.2 Å². The zero-order valence-electron chi connectivity index (χ0n) is 20.9. The van der Waals surface area contributed by atoms with Gasteiger partial charge in [0.2, 0.25) is 28.1 Å². The summed E-state index contributed by atoms with van der Waals surface area (Å²) in [4.78, 5) is 40.7. The number of rotatable bonds is 11. The molecule has 6 N–H and O–H groups in total. The number of nitrogens with zero attached hydrogens (tertiary/aromatic N) is 2. The third-order valence-electron chi connectivity index (χ3n) is 4.94. The molecule has 0 aromatic heterocycles. The van der Waals surface area contributed by atoms with Crippen LogP contribution in [0.5, 0.6) is 0 Å². The third-order valence-corrected chi connectivity index (χ3v) is 5.87. The highest BCUT2D eigenvalue weighted by Gasteiger charge is 2.21. The van der Waals surface area contributed by atoms with Crippen molar-refractivity contribution in [3.05, 3.63) is 59.7 Å². The molecular weight excluding hydrogens is 526 g/mol. The summed E-state index contributed by atoms with van der Waals surface area (Å²) in [6, 6.07) is 11.0. The molecule has 1 atom stereocenters. The van der Waals surface area contributed by atoms with Crippen LogP contribution in [0.1, 0.15) is 29.3 Å². The van der Waals surface area contributed by atoms with Gasteiger partial charge in [-0.2, -0.15) is 5.26 Å². The highest BCUT2D eigenvalue weighted by Crippen LogP contribution is 2.15. The number of carbonyl (C=O) groups is 3. The average Bonchev–Trinajstić information content (AvgIpc) is 2.90. The van der Waals surface area contributed by atoms with Gasteiger partial charge in [0.15, 0.2) is 0 Å². The van der Waals surface area contributed by atoms with E-state index in [0.29, 0.717) is 5.56 Å². The molecule has 14 heteroatoms. The molecule has 0 aliphatic heterocycles. The van der Waals surface area contributed by atoms with Gasteiger partial charge < -0.3 is 26.0 Å². The summed E-state index contributed by atoms with van der Waals surface area (Å²) in [5.41, 5.74) is 1.08. The summed E-state index contributed by atoms with van der Waals surface area (Å²) in [6.07, 6.45) is 6.82. The van der Waals surface area contributed by atoms with Gasteiger partial charge in [0.25, 0.3) is 5.91 Å². The Labute approximate surface area is 225 Å². The van der Waals surface area contributed by atoms with Crippen molar-refractivity contribution >= 4 is 39.5 Å². The second-order valence-electron chi connectivity index (χ2n) is 7.74. The number of benzene rings is 2. The maximum absolute atomic E-state index is 12.8. The van der Waals surface area contributed by atoms with Crippen LogP contribution >= 0.6 is 0 Å². The van der Waals surface area contributed by atoms with E-state index < -0.39 is 40.4 Å². The van der Waals surface area contributed by atoms with Crippen molar-refractivity contribution in [2.45, 2.75) is 30.8 Å². The number of ether oxygens (including phenoxy) is 1. The lowest BCUT2D eigenvalue weighted by molar-refractivity contribution is -0.147. The SMILES string of the molecule is C#CCC(NC(=O)CNC(=O)c1ccccc1NC(=NC#N)NCc1ccc(S(N)(=O)=O)cc1)C(=O)OCC. The molecule has 0 aliphatic rings. The Bertz CT molecular complexity index is 1410. The van der Waals surface area contributed by atoms with Crippen molar-refractivity contribution in [2.24, 2.45) is 10.1 Å². The van der Waals surface area contributed by atoms with E-state index in [9.17, 15) is 22.8 Å². The second kappa shape index (κ2) is 14.7. The van der Waals surface area contributed by atoms with Crippen LogP contribution in [0.15, 0.2) is 58.4 Å². The number of nitrogens with two attached hydrogens (primary N) is 1. The Hall–Kier alpha value is -4.92. The van der Waals surface area contributed by atoms with Crippen molar-refractivity contribution in [1.29, 1.82) is 5.26 Å². The second-order valence-corrected chi connectivity index (χ2v) is 9.30. The third kappa shape index (κ3) is 9.81. The van der Waals surface area contributed by atoms with Crippen molar-refractivity contribution in [3.8, 4) is 18.5 Å². The summed E-state index contributed by atoms with van der Waals surface area (Å²) in [6.45, 7) is 1.45. The number of hydrogen-bond donors (Lipinski definition) is 5. The van der Waals surface area contributed by atoms with Gasteiger partial charge in [-0.05, 0) is 36.8 Å². The summed E-state index contributed by atoms with van der Waals surface area (Å²) >= 11 is 0. The highest BCUT2D eigenvalue weighted by atomic mass is 32.2. The maximum Gasteiger partial charge on any atom is 0.329 e. The summed E-state index contributed by atoms with van der Waals surface area (Å²) in [5, 5.41) is 24.8. The largest absolute Gasteiger partial charge is 0.464 e. The predicted molar refractivity (Wildman–Crippen MR) is 142 cm³/mol. The molecule has 2 aromatic carbocycles. The van der Waals surface area contributed by atoms with Crippen LogP contribution in [0.25, 0.3) is 0 Å². The minimum absolute atomic E-state index is 0.0116. The molecule has 0 heterocycles. The van der Waals surface area contributed by atoms with Crippen LogP contribution in [0.2, 0.25) is 0 Å². The molecule has 0 spiro atoms. The zero-order valence-corrected chi connectivity index (χ0v) is 21.7. The van der Waals surface area contributed by atoms with E-state index >= 15 is 0 Å². The van der Waals surface area contributed by atoms with Crippen LogP contribution in [0, 0.1) is 23.8 Å². The van der Waals surface area contributed by atoms with Gasteiger partial charge in [-0.1, -0.05) is 24.3 Å². The number of anilines is 1. The molecule has 39 heavy (non-hydrogen) atoms. The molecule has 0 bridgehead atoms. The molecule has 0 fully saturated rings. The monoisotopic (exact) mass is 553 g/mol. The molecular formula is C25H27N7O6S. The summed E-state index contributed by atoms with van der Waals surface area (Å²) in [5.74, 6) is 0.354. The van der Waals surface area contributed by atoms with Crippen molar-refractivity contribution < 1.29 is 27.5 Å². The van der Waals surface area contributed by atoms with Crippen LogP contribution in [0.4, 0.5) is 5.69 Å². The first kappa shape index (κ1) is 30.3. The first-order valence-corrected chi connectivity index (χ1v) is 13.0. The molecule has 2 rings (SSSR count). The van der Waals surface area contributed by atoms with E-state index in [4.69, 9.17) is 21.6 Å². The number of aliphatic imine (C=N–C) groups is 1. The van der Waals surface area contributed by atoms with Gasteiger partial charge in [-0.3, -0.25) is 9.59 Å². The topological polar surface area (TPSA) is 205 Å². The van der Waals surface area contributed by atoms with E-state index in [1.807, 2.05) is 0 Å². The Morgan fingerprint density at radius 2 is 1.82 bits per heavy atom. The summed E-state index contributed by atoms with van der Waals surface area (Å²) < 4.78 is 27.7. The molecule has 2 amide bonds. The minimum atomic E-state index is -3.83. The Balaban J connectivity index is 2.04. The fourth-order valence-corrected chi connectivity index (χ4v) is 3.63. The fourth-order valence-electron chi connectivity index (χ4n) is 3.12. The predicted octanol–water partition coefficient (Wildman–Crippen LogP) is 0.174. The quantitative estimate of drug-likeness (QED) is 0.0844. The Kier molecular flexibility index (Phi) is 11.4. The Morgan fingerprint density at radius 1 is 1.13 bits per heavy atom. The first-order valence-electron chi connectivity index (χ1n) is 11.4. The van der Waals surface area contributed by atoms with Gasteiger partial charge in [0, 0.05) is 13.0 Å². The smallest absolute Gasteiger partial charge is 0.329 e. The van der Waals surface area contributed by atoms with E-state index in [0.717, 1.165) is 0 Å². The molecule has 0 saturated carbocycles. The number of terminal acetylenes is 1. The van der Waals surface area contributed by atoms with Gasteiger partial charge >= 0.3 is 5.97 Å². The lowest BCUT2D eigenvalue weighted by Gasteiger charge is -2.16. The lowest BCUT2D eigenvalue weighted by Crippen LogP contribution is -2.46. The number of sulfonamides is 1. The van der Waals surface area contributed by atoms with Gasteiger partial charge in [0.1, 0.15) is 6.04 Å². The average molecular weight is 554 g/mol. The molecule has 204 valence electrons. The number of amides is 2. The zero-order chi connectivity index (χ0) is 28.8. The minimum Gasteiger partial charge on any atom is -0.464 e. The van der Waals surface area contributed by atoms with Crippen LogP contribution in [0.3, 0.4) is 0 Å². The number of esters is 1. The highest BCUT2D eigenvalue weighted by molar-refractivity contribution is 7.89. The normalized spacial score (nSPS) is 11.7. The fraction of sp³-hybridized carbons (Fsp3) is 0.240. The number of primary sulfonamides is 1. The maximum atomic E-state index is 12.8. The van der Waals surface area contributed by atoms with E-state index in [2.05, 4.69) is 32.2 Å². The lowest BCUT2D eigenvalue weighted by atomic mass is 10.1. The van der Waals surface area contributed by atoms with Gasteiger partial charge in [-0.25, -0.2) is 18.4 Å². The van der Waals surface area contributed by atoms with Gasteiger partial charge in [-0.15, -0.1) is 17.3 Å². The summed E-state index contributed by atoms with van der Waals surface area (Å²) in [7, 11) is -3.83. The molecule has 13 nitrogen and oxygen atoms in total. The number of nitrogens with one attached hydrogen (secondary N) is 4. The van der Waals surface area contributed by atoms with Crippen molar-refractivity contribution in [3.63, 3.8) is 0 Å². The van der Waals surface area contributed by atoms with Crippen LogP contribution in [-0.4, -0.2) is 51.4 Å². The van der Waals surface area contributed by atoms with Crippen molar-refractivity contribution in [2.75, 3.05) is 18.5 Å². The first-order chi connectivity index (χ1) is 18.6. The van der Waals surface area contributed by atoms with E-state index in [1.54, 1.807) is 43.4 Å². The van der Waals surface area contributed by atoms with E-state index in [-0.39, 0.29) is 41.7 Å². The number of carbonyl (C=O) groups excluding carboxylic acids is 3. The Morgan fingerprint density at radius 3 is 2.44 bits per heavy atom. The number of hydrogen-bond acceptors (Lipinski definition) is 8. The molecule has 0 saturated heterocycles. The van der Waals surface area contributed by atoms with Crippen LogP contribution in [-0.2, 0) is 30.9 Å². The van der Waals surface area contributed by atoms with Crippen LogP contribution < -0.4 is 26.4 Å².